The third-order valence-corrected chi connectivity index (χ3v) is 2.56. The van der Waals surface area contributed by atoms with Crippen molar-refractivity contribution in [2.75, 3.05) is 27.2 Å². The lowest BCUT2D eigenvalue weighted by molar-refractivity contribution is -0.139. The molecule has 0 aliphatic carbocycles. The summed E-state index contributed by atoms with van der Waals surface area (Å²) in [6.45, 7) is 6.20. The summed E-state index contributed by atoms with van der Waals surface area (Å²) < 4.78 is 0. The van der Waals surface area contributed by atoms with E-state index in [4.69, 9.17) is 5.11 Å². The van der Waals surface area contributed by atoms with Gasteiger partial charge in [-0.2, -0.15) is 0 Å². The number of aliphatic hydroxyl groups is 1. The van der Waals surface area contributed by atoms with Crippen LogP contribution in [0.1, 0.15) is 20.8 Å². The van der Waals surface area contributed by atoms with Gasteiger partial charge in [0.15, 0.2) is 0 Å². The van der Waals surface area contributed by atoms with Crippen molar-refractivity contribution < 1.29 is 9.90 Å². The monoisotopic (exact) mass is 202 g/mol. The van der Waals surface area contributed by atoms with Crippen LogP contribution in [0.2, 0.25) is 0 Å². The zero-order valence-electron chi connectivity index (χ0n) is 9.79. The van der Waals surface area contributed by atoms with Crippen molar-refractivity contribution in [1.29, 1.82) is 0 Å². The van der Waals surface area contributed by atoms with Gasteiger partial charge in [-0.25, -0.2) is 0 Å². The molecular formula is C10H22N2O2. The van der Waals surface area contributed by atoms with Crippen molar-refractivity contribution >= 4 is 5.91 Å². The molecule has 4 nitrogen and oxygen atoms in total. The lowest BCUT2D eigenvalue weighted by Crippen LogP contribution is -2.50. The summed E-state index contributed by atoms with van der Waals surface area (Å²) in [6.07, 6.45) is 0. The highest BCUT2D eigenvalue weighted by molar-refractivity contribution is 5.79. The fraction of sp³-hybridized carbons (Fsp3) is 0.900. The molecular weight excluding hydrogens is 180 g/mol. The summed E-state index contributed by atoms with van der Waals surface area (Å²) in [7, 11) is 3.55. The van der Waals surface area contributed by atoms with Gasteiger partial charge in [0.25, 0.3) is 0 Å². The Morgan fingerprint density at radius 2 is 2.07 bits per heavy atom. The Morgan fingerprint density at radius 1 is 1.57 bits per heavy atom. The molecule has 84 valence electrons. The summed E-state index contributed by atoms with van der Waals surface area (Å²) >= 11 is 0. The molecule has 0 radical (unpaired) electrons. The summed E-state index contributed by atoms with van der Waals surface area (Å²) in [5, 5.41) is 12.1. The van der Waals surface area contributed by atoms with Crippen LogP contribution < -0.4 is 5.32 Å². The molecule has 0 aliphatic heterocycles. The molecule has 0 aliphatic rings. The molecule has 1 unspecified atom stereocenters. The van der Waals surface area contributed by atoms with Crippen LogP contribution in [0.3, 0.4) is 0 Å². The summed E-state index contributed by atoms with van der Waals surface area (Å²) in [5.41, 5.74) is -0.487. The SMILES string of the molecule is CNCC(C)C(=O)N(C)C(C)(C)CO. The first-order chi connectivity index (χ1) is 6.36. The average Bonchev–Trinajstić information content (AvgIpc) is 2.15. The van der Waals surface area contributed by atoms with E-state index in [0.29, 0.717) is 6.54 Å². The fourth-order valence-electron chi connectivity index (χ4n) is 1.13. The van der Waals surface area contributed by atoms with Crippen molar-refractivity contribution in [2.24, 2.45) is 5.92 Å². The van der Waals surface area contributed by atoms with Gasteiger partial charge in [0.05, 0.1) is 12.1 Å². The van der Waals surface area contributed by atoms with Crippen LogP contribution in [0.4, 0.5) is 0 Å². The van der Waals surface area contributed by atoms with Gasteiger partial charge in [0, 0.05) is 19.5 Å². The van der Waals surface area contributed by atoms with Crippen LogP contribution in [0.25, 0.3) is 0 Å². The molecule has 1 atom stereocenters. The predicted octanol–water partition coefficient (Wildman–Crippen LogP) is 0.0712. The summed E-state index contributed by atoms with van der Waals surface area (Å²) in [6, 6.07) is 0. The number of hydrogen-bond acceptors (Lipinski definition) is 3. The second-order valence-electron chi connectivity index (χ2n) is 4.33. The van der Waals surface area contributed by atoms with Crippen molar-refractivity contribution in [3.8, 4) is 0 Å². The Morgan fingerprint density at radius 3 is 2.43 bits per heavy atom. The number of carbonyl (C=O) groups is 1. The molecule has 0 fully saturated rings. The van der Waals surface area contributed by atoms with E-state index in [0.717, 1.165) is 0 Å². The molecule has 0 saturated carbocycles. The quantitative estimate of drug-likeness (QED) is 0.663. The number of rotatable bonds is 5. The van der Waals surface area contributed by atoms with E-state index >= 15 is 0 Å². The van der Waals surface area contributed by atoms with Crippen molar-refractivity contribution in [2.45, 2.75) is 26.3 Å². The Bertz CT molecular complexity index is 193. The van der Waals surface area contributed by atoms with Gasteiger partial charge in [-0.05, 0) is 20.9 Å². The van der Waals surface area contributed by atoms with E-state index in [1.54, 1.807) is 11.9 Å². The van der Waals surface area contributed by atoms with Crippen LogP contribution in [-0.4, -0.2) is 48.7 Å². The van der Waals surface area contributed by atoms with Crippen LogP contribution in [0, 0.1) is 5.92 Å². The second-order valence-corrected chi connectivity index (χ2v) is 4.33. The molecule has 0 aromatic rings. The third kappa shape index (κ3) is 3.27. The maximum absolute atomic E-state index is 11.8. The number of aliphatic hydroxyl groups excluding tert-OH is 1. The van der Waals surface area contributed by atoms with Crippen LogP contribution in [0.5, 0.6) is 0 Å². The van der Waals surface area contributed by atoms with Crippen LogP contribution in [0.15, 0.2) is 0 Å². The average molecular weight is 202 g/mol. The second kappa shape index (κ2) is 5.32. The molecule has 14 heavy (non-hydrogen) atoms. The molecule has 0 rings (SSSR count). The number of amides is 1. The number of carbonyl (C=O) groups excluding carboxylic acids is 1. The van der Waals surface area contributed by atoms with Gasteiger partial charge in [-0.3, -0.25) is 4.79 Å². The fourth-order valence-corrected chi connectivity index (χ4v) is 1.13. The molecule has 0 bridgehead atoms. The Labute approximate surface area is 86.3 Å². The van der Waals surface area contributed by atoms with Gasteiger partial charge in [-0.15, -0.1) is 0 Å². The minimum atomic E-state index is -0.487. The molecule has 0 aromatic carbocycles. The Hall–Kier alpha value is -0.610. The topological polar surface area (TPSA) is 52.6 Å². The maximum Gasteiger partial charge on any atom is 0.226 e. The number of hydrogen-bond donors (Lipinski definition) is 2. The van der Waals surface area contributed by atoms with Crippen molar-refractivity contribution in [1.82, 2.24) is 10.2 Å². The smallest absolute Gasteiger partial charge is 0.226 e. The molecule has 2 N–H and O–H groups in total. The van der Waals surface area contributed by atoms with Gasteiger partial charge >= 0.3 is 0 Å². The molecule has 4 heteroatoms. The van der Waals surface area contributed by atoms with Gasteiger partial charge in [0.1, 0.15) is 0 Å². The standard InChI is InChI=1S/C10H22N2O2/c1-8(6-11-4)9(14)12(5)10(2,3)7-13/h8,11,13H,6-7H2,1-5H3. The zero-order valence-corrected chi connectivity index (χ0v) is 9.79. The summed E-state index contributed by atoms with van der Waals surface area (Å²) in [4.78, 5) is 13.4. The van der Waals surface area contributed by atoms with Crippen molar-refractivity contribution in [3.05, 3.63) is 0 Å². The Kier molecular flexibility index (Phi) is 5.08. The number of nitrogens with zero attached hydrogens (tertiary/aromatic N) is 1. The minimum Gasteiger partial charge on any atom is -0.394 e. The van der Waals surface area contributed by atoms with E-state index in [1.165, 1.54) is 0 Å². The highest BCUT2D eigenvalue weighted by Gasteiger charge is 2.29. The highest BCUT2D eigenvalue weighted by atomic mass is 16.3. The lowest BCUT2D eigenvalue weighted by Gasteiger charge is -2.35. The van der Waals surface area contributed by atoms with Gasteiger partial charge in [-0.1, -0.05) is 6.92 Å². The molecule has 0 saturated heterocycles. The van der Waals surface area contributed by atoms with Crippen LogP contribution >= 0.6 is 0 Å². The van der Waals surface area contributed by atoms with Gasteiger partial charge in [0.2, 0.25) is 5.91 Å². The number of nitrogens with one attached hydrogen (secondary N) is 1. The highest BCUT2D eigenvalue weighted by Crippen LogP contribution is 2.14. The molecule has 1 amide bonds. The maximum atomic E-state index is 11.8. The Balaban J connectivity index is 4.38. The lowest BCUT2D eigenvalue weighted by atomic mass is 10.0. The van der Waals surface area contributed by atoms with E-state index in [-0.39, 0.29) is 18.4 Å². The van der Waals surface area contributed by atoms with Crippen molar-refractivity contribution in [3.63, 3.8) is 0 Å². The molecule has 0 spiro atoms. The molecule has 0 heterocycles. The largest absolute Gasteiger partial charge is 0.394 e. The number of likely N-dealkylation sites (N-methyl/N-ethyl adjacent to an activating group) is 1. The van der Waals surface area contributed by atoms with Crippen LogP contribution in [-0.2, 0) is 4.79 Å². The first kappa shape index (κ1) is 13.4. The first-order valence-electron chi connectivity index (χ1n) is 4.90. The normalized spacial score (nSPS) is 13.9. The minimum absolute atomic E-state index is 0.0263. The van der Waals surface area contributed by atoms with E-state index in [2.05, 4.69) is 5.32 Å². The van der Waals surface area contributed by atoms with Gasteiger partial charge < -0.3 is 15.3 Å². The third-order valence-electron chi connectivity index (χ3n) is 2.56. The summed E-state index contributed by atoms with van der Waals surface area (Å²) in [5.74, 6) is -0.00535. The first-order valence-corrected chi connectivity index (χ1v) is 4.90. The zero-order chi connectivity index (χ0) is 11.4. The van der Waals surface area contributed by atoms with E-state index < -0.39 is 5.54 Å². The van der Waals surface area contributed by atoms with E-state index in [1.807, 2.05) is 27.8 Å². The van der Waals surface area contributed by atoms with E-state index in [9.17, 15) is 4.79 Å². The molecule has 0 aromatic heterocycles. The predicted molar refractivity (Wildman–Crippen MR) is 57.0 cm³/mol.